The maximum atomic E-state index is 12.0. The van der Waals surface area contributed by atoms with E-state index in [1.54, 1.807) is 0 Å². The highest BCUT2D eigenvalue weighted by molar-refractivity contribution is 5.09. The summed E-state index contributed by atoms with van der Waals surface area (Å²) in [5.74, 6) is 0.963. The van der Waals surface area contributed by atoms with Gasteiger partial charge in [-0.05, 0) is 36.5 Å². The molecule has 0 aliphatic heterocycles. The van der Waals surface area contributed by atoms with Gasteiger partial charge < -0.3 is 5.11 Å². The van der Waals surface area contributed by atoms with Crippen LogP contribution in [-0.2, 0) is 5.11 Å². The van der Waals surface area contributed by atoms with Gasteiger partial charge in [-0.3, -0.25) is 0 Å². The van der Waals surface area contributed by atoms with E-state index >= 15 is 0 Å². The summed E-state index contributed by atoms with van der Waals surface area (Å²) >= 11 is 0. The Hall–Kier alpha value is -0.0800. The van der Waals surface area contributed by atoms with E-state index in [0.29, 0.717) is 6.42 Å². The molecule has 0 aromatic rings. The molecule has 3 atom stereocenters. The lowest BCUT2D eigenvalue weighted by Gasteiger charge is -2.62. The largest absolute Gasteiger partial charge is 0.393 e. The fourth-order valence-corrected chi connectivity index (χ4v) is 3.18. The molecule has 0 amide bonds. The summed E-state index contributed by atoms with van der Waals surface area (Å²) in [6.07, 6.45) is 2.76. The molecule has 3 aliphatic rings. The van der Waals surface area contributed by atoms with Crippen molar-refractivity contribution >= 4 is 0 Å². The summed E-state index contributed by atoms with van der Waals surface area (Å²) in [4.78, 5) is 0. The van der Waals surface area contributed by atoms with Gasteiger partial charge in [0.05, 0.1) is 6.61 Å². The van der Waals surface area contributed by atoms with E-state index in [1.807, 2.05) is 0 Å². The van der Waals surface area contributed by atoms with E-state index in [2.05, 4.69) is 13.8 Å². The summed E-state index contributed by atoms with van der Waals surface area (Å²) in [5, 5.41) is 21.1. The molecule has 12 heavy (non-hydrogen) atoms. The zero-order valence-corrected chi connectivity index (χ0v) is 7.84. The summed E-state index contributed by atoms with van der Waals surface area (Å²) in [6.45, 7) is 4.18. The molecule has 0 spiro atoms. The highest BCUT2D eigenvalue weighted by Crippen LogP contribution is 2.62. The normalized spacial score (nSPS) is 50.0. The first-order valence-corrected chi connectivity index (χ1v) is 4.82. The molecule has 2 bridgehead atoms. The zero-order valence-electron chi connectivity index (χ0n) is 7.84. The Balaban J connectivity index is 2.21. The number of aliphatic hydroxyl groups is 1. The monoisotopic (exact) mass is 169 g/mol. The molecular formula is C10H17O2. The zero-order chi connectivity index (χ0) is 8.98. The second-order valence-corrected chi connectivity index (χ2v) is 5.07. The van der Waals surface area contributed by atoms with Crippen molar-refractivity contribution in [2.24, 2.45) is 17.3 Å². The molecule has 0 heterocycles. The van der Waals surface area contributed by atoms with Crippen LogP contribution in [0.15, 0.2) is 0 Å². The maximum absolute atomic E-state index is 12.0. The van der Waals surface area contributed by atoms with Crippen molar-refractivity contribution in [2.75, 3.05) is 6.61 Å². The molecule has 0 aromatic heterocycles. The van der Waals surface area contributed by atoms with E-state index in [1.165, 1.54) is 0 Å². The minimum atomic E-state index is -1.02. The molecule has 2 nitrogen and oxygen atoms in total. The van der Waals surface area contributed by atoms with Crippen LogP contribution in [0.3, 0.4) is 0 Å². The van der Waals surface area contributed by atoms with Gasteiger partial charge in [0.1, 0.15) is 5.60 Å². The molecule has 1 N–H and O–H groups in total. The fourth-order valence-electron chi connectivity index (χ4n) is 3.18. The van der Waals surface area contributed by atoms with E-state index in [4.69, 9.17) is 5.11 Å². The van der Waals surface area contributed by atoms with Crippen LogP contribution in [0.2, 0.25) is 0 Å². The van der Waals surface area contributed by atoms with Crippen molar-refractivity contribution in [1.82, 2.24) is 0 Å². The van der Waals surface area contributed by atoms with Gasteiger partial charge >= 0.3 is 0 Å². The minimum Gasteiger partial charge on any atom is -0.393 e. The number of aliphatic hydroxyl groups excluding tert-OH is 1. The Morgan fingerprint density at radius 2 is 2.17 bits per heavy atom. The summed E-state index contributed by atoms with van der Waals surface area (Å²) < 4.78 is 0. The predicted octanol–water partition coefficient (Wildman–Crippen LogP) is 1.60. The highest BCUT2D eigenvalue weighted by Gasteiger charge is 2.61. The molecule has 0 aromatic carbocycles. The van der Waals surface area contributed by atoms with Gasteiger partial charge in [-0.1, -0.05) is 13.8 Å². The maximum Gasteiger partial charge on any atom is 0.130 e. The van der Waals surface area contributed by atoms with Gasteiger partial charge in [-0.25, -0.2) is 5.11 Å². The third kappa shape index (κ3) is 0.826. The van der Waals surface area contributed by atoms with E-state index in [0.717, 1.165) is 18.8 Å². The topological polar surface area (TPSA) is 40.1 Å². The fraction of sp³-hybridized carbons (Fsp3) is 1.00. The minimum absolute atomic E-state index is 0.173. The molecule has 3 fully saturated rings. The van der Waals surface area contributed by atoms with Crippen LogP contribution in [0.25, 0.3) is 0 Å². The van der Waals surface area contributed by atoms with Crippen LogP contribution in [0.1, 0.15) is 33.1 Å². The van der Waals surface area contributed by atoms with Crippen LogP contribution < -0.4 is 0 Å². The number of fused-ring (bicyclic) bond motifs is 2. The highest BCUT2D eigenvalue weighted by atomic mass is 16.3. The Morgan fingerprint density at radius 3 is 2.50 bits per heavy atom. The number of hydrogen-bond acceptors (Lipinski definition) is 1. The third-order valence-corrected chi connectivity index (χ3v) is 4.29. The molecule has 69 valence electrons. The van der Waals surface area contributed by atoms with Crippen LogP contribution in [-0.4, -0.2) is 17.3 Å². The van der Waals surface area contributed by atoms with E-state index in [9.17, 15) is 5.11 Å². The van der Waals surface area contributed by atoms with Crippen molar-refractivity contribution in [1.29, 1.82) is 0 Å². The van der Waals surface area contributed by atoms with Gasteiger partial charge in [0, 0.05) is 0 Å². The molecule has 3 saturated carbocycles. The molecule has 2 heteroatoms. The van der Waals surface area contributed by atoms with Crippen molar-refractivity contribution in [3.63, 3.8) is 0 Å². The van der Waals surface area contributed by atoms with Crippen molar-refractivity contribution in [2.45, 2.75) is 38.7 Å². The average molecular weight is 169 g/mol. The van der Waals surface area contributed by atoms with Crippen LogP contribution in [0.5, 0.6) is 0 Å². The quantitative estimate of drug-likeness (QED) is 0.636. The number of hydrogen-bond donors (Lipinski definition) is 1. The lowest BCUT2D eigenvalue weighted by atomic mass is 9.44. The lowest BCUT2D eigenvalue weighted by Crippen LogP contribution is -2.62. The Morgan fingerprint density at radius 1 is 1.50 bits per heavy atom. The smallest absolute Gasteiger partial charge is 0.130 e. The van der Waals surface area contributed by atoms with Crippen LogP contribution >= 0.6 is 0 Å². The Bertz CT molecular complexity index is 198. The van der Waals surface area contributed by atoms with Gasteiger partial charge in [-0.15, -0.1) is 0 Å². The van der Waals surface area contributed by atoms with E-state index < -0.39 is 5.60 Å². The molecule has 0 saturated heterocycles. The first kappa shape index (κ1) is 8.52. The van der Waals surface area contributed by atoms with Crippen molar-refractivity contribution < 1.29 is 10.2 Å². The summed E-state index contributed by atoms with van der Waals surface area (Å²) in [5.41, 5.74) is -0.818. The molecule has 1 radical (unpaired) electrons. The molecule has 3 rings (SSSR count). The molecule has 3 unspecified atom stereocenters. The van der Waals surface area contributed by atoms with Gasteiger partial charge in [0.25, 0.3) is 0 Å². The van der Waals surface area contributed by atoms with Gasteiger partial charge in [-0.2, -0.15) is 0 Å². The second-order valence-electron chi connectivity index (χ2n) is 5.07. The van der Waals surface area contributed by atoms with Crippen LogP contribution in [0, 0.1) is 17.3 Å². The average Bonchev–Trinajstić information content (AvgIpc) is 2.04. The molecule has 3 aliphatic carbocycles. The predicted molar refractivity (Wildman–Crippen MR) is 45.1 cm³/mol. The second kappa shape index (κ2) is 2.24. The molecular weight excluding hydrogens is 152 g/mol. The lowest BCUT2D eigenvalue weighted by molar-refractivity contribution is -0.241. The number of rotatable bonds is 1. The summed E-state index contributed by atoms with van der Waals surface area (Å²) in [7, 11) is 0. The Labute approximate surface area is 73.6 Å². The SMILES string of the molecule is CC1(C)C2CCC([O])(CO)C1C2. The summed E-state index contributed by atoms with van der Waals surface area (Å²) in [6, 6.07) is 0. The van der Waals surface area contributed by atoms with Gasteiger partial charge in [0.15, 0.2) is 0 Å². The first-order valence-electron chi connectivity index (χ1n) is 4.82. The first-order chi connectivity index (χ1) is 5.50. The van der Waals surface area contributed by atoms with Gasteiger partial charge in [0.2, 0.25) is 0 Å². The third-order valence-electron chi connectivity index (χ3n) is 4.29. The van der Waals surface area contributed by atoms with E-state index in [-0.39, 0.29) is 17.9 Å². The van der Waals surface area contributed by atoms with Crippen molar-refractivity contribution in [3.8, 4) is 0 Å². The standard InChI is InChI=1S/C10H17O2/c1-9(2)7-3-4-10(12,6-11)8(9)5-7/h7-8,11H,3-6H2,1-2H3. The Kier molecular flexibility index (Phi) is 1.59. The van der Waals surface area contributed by atoms with Crippen molar-refractivity contribution in [3.05, 3.63) is 0 Å². The van der Waals surface area contributed by atoms with Crippen LogP contribution in [0.4, 0.5) is 0 Å².